The van der Waals surface area contributed by atoms with Crippen LogP contribution in [0.1, 0.15) is 27.5 Å². The number of aliphatic carboxylic acids is 1. The number of amides is 2. The molecule has 172 valence electrons. The number of rotatable bonds is 5. The van der Waals surface area contributed by atoms with E-state index in [1.54, 1.807) is 4.90 Å². The Morgan fingerprint density at radius 1 is 1.03 bits per heavy atom. The van der Waals surface area contributed by atoms with E-state index in [-0.39, 0.29) is 47.7 Å². The molecule has 0 bridgehead atoms. The molecule has 2 fully saturated rings. The number of carboxylic acids is 1. The van der Waals surface area contributed by atoms with E-state index in [0.717, 1.165) is 22.3 Å². The molecule has 9 nitrogen and oxygen atoms in total. The Morgan fingerprint density at radius 2 is 1.65 bits per heavy atom. The predicted molar refractivity (Wildman–Crippen MR) is 121 cm³/mol. The Kier molecular flexibility index (Phi) is 4.65. The normalized spacial score (nSPS) is 22.0. The summed E-state index contributed by atoms with van der Waals surface area (Å²) in [5.41, 5.74) is 4.78. The van der Waals surface area contributed by atoms with E-state index >= 15 is 0 Å². The summed E-state index contributed by atoms with van der Waals surface area (Å²) >= 11 is 0. The number of aromatic amines is 1. The number of piperidine rings is 1. The first-order valence-electron chi connectivity index (χ1n) is 11.2. The summed E-state index contributed by atoms with van der Waals surface area (Å²) in [4.78, 5) is 37.9. The number of nitrogens with one attached hydrogen (secondary N) is 2. The number of fused-ring (bicyclic) bond motifs is 4. The van der Waals surface area contributed by atoms with Gasteiger partial charge < -0.3 is 14.7 Å². The van der Waals surface area contributed by atoms with Crippen LogP contribution < -0.4 is 5.32 Å². The lowest BCUT2D eigenvalue weighted by atomic mass is 9.98. The van der Waals surface area contributed by atoms with E-state index in [1.807, 2.05) is 36.4 Å². The zero-order valence-corrected chi connectivity index (χ0v) is 18.1. The van der Waals surface area contributed by atoms with Crippen LogP contribution in [0.25, 0.3) is 11.1 Å². The number of hydrogen-bond acceptors (Lipinski definition) is 5. The highest BCUT2D eigenvalue weighted by molar-refractivity contribution is 5.95. The van der Waals surface area contributed by atoms with Gasteiger partial charge in [0.25, 0.3) is 5.91 Å². The van der Waals surface area contributed by atoms with Crippen molar-refractivity contribution in [2.75, 3.05) is 25.0 Å². The largest absolute Gasteiger partial charge is 0.481 e. The van der Waals surface area contributed by atoms with Gasteiger partial charge in [0, 0.05) is 25.1 Å². The van der Waals surface area contributed by atoms with Crippen LogP contribution in [-0.2, 0) is 9.53 Å². The fourth-order valence-electron chi connectivity index (χ4n) is 5.46. The fourth-order valence-corrected chi connectivity index (χ4v) is 5.46. The van der Waals surface area contributed by atoms with Crippen molar-refractivity contribution in [3.05, 3.63) is 71.4 Å². The van der Waals surface area contributed by atoms with Crippen molar-refractivity contribution in [2.24, 2.45) is 17.8 Å². The number of H-pyrrole nitrogens is 1. The third-order valence-corrected chi connectivity index (χ3v) is 7.15. The number of ether oxygens (including phenoxy) is 1. The third kappa shape index (κ3) is 3.32. The molecule has 1 unspecified atom stereocenters. The van der Waals surface area contributed by atoms with Gasteiger partial charge in [0.05, 0.1) is 5.92 Å². The number of carboxylic acid groups (broad SMARTS) is 1. The minimum Gasteiger partial charge on any atom is -0.481 e. The predicted octanol–water partition coefficient (Wildman–Crippen LogP) is 3.17. The summed E-state index contributed by atoms with van der Waals surface area (Å²) in [5.74, 6) is -1.19. The van der Waals surface area contributed by atoms with E-state index in [0.29, 0.717) is 13.1 Å². The molecule has 6 rings (SSSR count). The SMILES string of the molecule is O=C(Nc1cc(C(=O)N2C[C@@H]3C(C(=O)O)[C@@H]3C2)[nH]n1)OCC1c2ccccc2-c2ccccc21. The molecule has 1 saturated carbocycles. The molecule has 1 aliphatic heterocycles. The van der Waals surface area contributed by atoms with Crippen LogP contribution >= 0.6 is 0 Å². The van der Waals surface area contributed by atoms with Gasteiger partial charge in [-0.05, 0) is 34.1 Å². The van der Waals surface area contributed by atoms with Gasteiger partial charge in [-0.1, -0.05) is 48.5 Å². The maximum atomic E-state index is 12.7. The molecule has 3 atom stereocenters. The molecule has 9 heteroatoms. The van der Waals surface area contributed by atoms with Gasteiger partial charge in [0.2, 0.25) is 0 Å². The van der Waals surface area contributed by atoms with Gasteiger partial charge in [-0.2, -0.15) is 5.10 Å². The van der Waals surface area contributed by atoms with Crippen LogP contribution in [-0.4, -0.2) is 57.9 Å². The van der Waals surface area contributed by atoms with Crippen LogP contribution in [0.3, 0.4) is 0 Å². The highest BCUT2D eigenvalue weighted by Gasteiger charge is 2.60. The minimum atomic E-state index is -0.793. The Balaban J connectivity index is 1.06. The highest BCUT2D eigenvalue weighted by Crippen LogP contribution is 2.52. The lowest BCUT2D eigenvalue weighted by molar-refractivity contribution is -0.139. The maximum absolute atomic E-state index is 12.7. The fraction of sp³-hybridized carbons (Fsp3) is 0.280. The number of hydrogen-bond donors (Lipinski definition) is 3. The molecule has 2 aromatic carbocycles. The molecule has 0 radical (unpaired) electrons. The molecule has 0 spiro atoms. The summed E-state index contributed by atoms with van der Waals surface area (Å²) in [6, 6.07) is 17.7. The van der Waals surface area contributed by atoms with Crippen LogP contribution in [0.15, 0.2) is 54.6 Å². The summed E-state index contributed by atoms with van der Waals surface area (Å²) in [6.07, 6.45) is -0.654. The quantitative estimate of drug-likeness (QED) is 0.539. The number of benzene rings is 2. The van der Waals surface area contributed by atoms with Gasteiger partial charge in [-0.25, -0.2) is 4.79 Å². The first-order valence-corrected chi connectivity index (χ1v) is 11.2. The molecule has 34 heavy (non-hydrogen) atoms. The molecule has 1 saturated heterocycles. The van der Waals surface area contributed by atoms with Crippen molar-refractivity contribution in [3.8, 4) is 11.1 Å². The summed E-state index contributed by atoms with van der Waals surface area (Å²) < 4.78 is 5.51. The Bertz CT molecular complexity index is 1260. The topological polar surface area (TPSA) is 125 Å². The van der Waals surface area contributed by atoms with Gasteiger partial charge in [-0.3, -0.25) is 20.0 Å². The van der Waals surface area contributed by atoms with Crippen molar-refractivity contribution in [2.45, 2.75) is 5.92 Å². The number of carbonyl (C=O) groups excluding carboxylic acids is 2. The molecule has 3 aromatic rings. The van der Waals surface area contributed by atoms with E-state index in [9.17, 15) is 14.4 Å². The van der Waals surface area contributed by atoms with Crippen molar-refractivity contribution in [1.82, 2.24) is 15.1 Å². The number of nitrogens with zero attached hydrogens (tertiary/aromatic N) is 2. The standard InChI is InChI=1S/C25H22N4O5/c30-23(29-10-17-18(11-29)22(17)24(31)32)20-9-21(28-27-20)26-25(33)34-12-19-15-7-3-1-5-13(15)14-6-2-4-8-16(14)19/h1-9,17-19,22H,10-12H2,(H,31,32)(H2,26,27,28,33)/t17-,18+,22?. The van der Waals surface area contributed by atoms with Gasteiger partial charge in [0.15, 0.2) is 5.82 Å². The molecule has 2 aliphatic carbocycles. The lowest BCUT2D eigenvalue weighted by Gasteiger charge is -2.17. The highest BCUT2D eigenvalue weighted by atomic mass is 16.5. The summed E-state index contributed by atoms with van der Waals surface area (Å²) in [6.45, 7) is 1.03. The molecule has 3 N–H and O–H groups in total. The zero-order chi connectivity index (χ0) is 23.4. The summed E-state index contributed by atoms with van der Waals surface area (Å²) in [5, 5.41) is 18.3. The molecule has 1 aromatic heterocycles. The van der Waals surface area contributed by atoms with Crippen LogP contribution in [0.2, 0.25) is 0 Å². The zero-order valence-electron chi connectivity index (χ0n) is 18.1. The van der Waals surface area contributed by atoms with Crippen LogP contribution in [0, 0.1) is 17.8 Å². The molecule has 2 heterocycles. The van der Waals surface area contributed by atoms with Gasteiger partial charge in [-0.15, -0.1) is 0 Å². The number of anilines is 1. The maximum Gasteiger partial charge on any atom is 0.412 e. The summed E-state index contributed by atoms with van der Waals surface area (Å²) in [7, 11) is 0. The lowest BCUT2D eigenvalue weighted by Crippen LogP contribution is -2.32. The Labute approximate surface area is 194 Å². The second kappa shape index (κ2) is 7.72. The molecular formula is C25H22N4O5. The smallest absolute Gasteiger partial charge is 0.412 e. The van der Waals surface area contributed by atoms with E-state index in [1.165, 1.54) is 6.07 Å². The van der Waals surface area contributed by atoms with E-state index < -0.39 is 12.1 Å². The van der Waals surface area contributed by atoms with Crippen LogP contribution in [0.4, 0.5) is 10.6 Å². The number of carbonyl (C=O) groups is 3. The van der Waals surface area contributed by atoms with Crippen molar-refractivity contribution >= 4 is 23.8 Å². The molecule has 2 amide bonds. The second-order valence-electron chi connectivity index (χ2n) is 9.02. The van der Waals surface area contributed by atoms with Crippen molar-refractivity contribution < 1.29 is 24.2 Å². The number of aromatic nitrogens is 2. The van der Waals surface area contributed by atoms with E-state index in [2.05, 4.69) is 27.6 Å². The first-order chi connectivity index (χ1) is 16.5. The minimum absolute atomic E-state index is 0.0304. The van der Waals surface area contributed by atoms with Crippen molar-refractivity contribution in [3.63, 3.8) is 0 Å². The van der Waals surface area contributed by atoms with Crippen molar-refractivity contribution in [1.29, 1.82) is 0 Å². The monoisotopic (exact) mass is 458 g/mol. The van der Waals surface area contributed by atoms with Gasteiger partial charge >= 0.3 is 12.1 Å². The average molecular weight is 458 g/mol. The third-order valence-electron chi connectivity index (χ3n) is 7.15. The Morgan fingerprint density at radius 3 is 2.26 bits per heavy atom. The molecular weight excluding hydrogens is 436 g/mol. The average Bonchev–Trinajstić information content (AvgIpc) is 3.20. The van der Waals surface area contributed by atoms with E-state index in [4.69, 9.17) is 9.84 Å². The first kappa shape index (κ1) is 20.5. The second-order valence-corrected chi connectivity index (χ2v) is 9.02. The van der Waals surface area contributed by atoms with Gasteiger partial charge in [0.1, 0.15) is 12.3 Å². The van der Waals surface area contributed by atoms with Crippen LogP contribution in [0.5, 0.6) is 0 Å². The Hall–Kier alpha value is -4.14. The number of likely N-dealkylation sites (tertiary alicyclic amines) is 1. The molecule has 3 aliphatic rings.